The first-order valence-corrected chi connectivity index (χ1v) is 7.23. The second kappa shape index (κ2) is 4.93. The molecule has 0 radical (unpaired) electrons. The van der Waals surface area contributed by atoms with E-state index in [-0.39, 0.29) is 5.60 Å². The van der Waals surface area contributed by atoms with Gasteiger partial charge in [-0.1, -0.05) is 30.5 Å². The SMILES string of the molecule is Cc1ccc(NC2CCOC3(CCCC3)C2)cc1. The van der Waals surface area contributed by atoms with E-state index in [1.165, 1.54) is 43.4 Å². The fraction of sp³-hybridized carbons (Fsp3) is 0.625. The maximum Gasteiger partial charge on any atom is 0.0702 e. The maximum absolute atomic E-state index is 6.07. The highest BCUT2D eigenvalue weighted by molar-refractivity contribution is 5.45. The zero-order chi connectivity index (χ0) is 12.4. The van der Waals surface area contributed by atoms with E-state index >= 15 is 0 Å². The summed E-state index contributed by atoms with van der Waals surface area (Å²) in [6.07, 6.45) is 7.53. The molecule has 1 aliphatic carbocycles. The molecule has 1 atom stereocenters. The Balaban J connectivity index is 1.64. The molecular formula is C16H23NO. The first-order chi connectivity index (χ1) is 8.76. The molecule has 1 aromatic carbocycles. The van der Waals surface area contributed by atoms with Gasteiger partial charge in [-0.2, -0.15) is 0 Å². The quantitative estimate of drug-likeness (QED) is 0.853. The molecule has 2 nitrogen and oxygen atoms in total. The van der Waals surface area contributed by atoms with Crippen LogP contribution in [-0.2, 0) is 4.74 Å². The first kappa shape index (κ1) is 12.0. The van der Waals surface area contributed by atoms with Crippen molar-refractivity contribution in [3.05, 3.63) is 29.8 Å². The second-order valence-electron chi connectivity index (χ2n) is 5.94. The molecule has 0 bridgehead atoms. The van der Waals surface area contributed by atoms with Gasteiger partial charge in [-0.05, 0) is 44.7 Å². The van der Waals surface area contributed by atoms with Crippen molar-refractivity contribution in [2.24, 2.45) is 0 Å². The van der Waals surface area contributed by atoms with Gasteiger partial charge in [-0.15, -0.1) is 0 Å². The lowest BCUT2D eigenvalue weighted by atomic mass is 9.89. The first-order valence-electron chi connectivity index (χ1n) is 7.23. The average Bonchev–Trinajstić information content (AvgIpc) is 2.80. The molecule has 0 aromatic heterocycles. The number of anilines is 1. The predicted octanol–water partition coefficient (Wildman–Crippen LogP) is 3.90. The fourth-order valence-corrected chi connectivity index (χ4v) is 3.40. The molecule has 1 aromatic rings. The third kappa shape index (κ3) is 2.54. The molecule has 2 heteroatoms. The highest BCUT2D eigenvalue weighted by Gasteiger charge is 2.39. The van der Waals surface area contributed by atoms with E-state index in [1.807, 2.05) is 0 Å². The van der Waals surface area contributed by atoms with Crippen molar-refractivity contribution in [1.82, 2.24) is 0 Å². The van der Waals surface area contributed by atoms with E-state index in [1.54, 1.807) is 0 Å². The van der Waals surface area contributed by atoms with Gasteiger partial charge in [-0.25, -0.2) is 0 Å². The maximum atomic E-state index is 6.07. The molecule has 3 rings (SSSR count). The van der Waals surface area contributed by atoms with Crippen LogP contribution in [0.5, 0.6) is 0 Å². The molecule has 2 fully saturated rings. The fourth-order valence-electron chi connectivity index (χ4n) is 3.40. The molecule has 1 heterocycles. The zero-order valence-corrected chi connectivity index (χ0v) is 11.2. The second-order valence-corrected chi connectivity index (χ2v) is 5.94. The van der Waals surface area contributed by atoms with Gasteiger partial charge in [0.1, 0.15) is 0 Å². The number of nitrogens with one attached hydrogen (secondary N) is 1. The normalized spacial score (nSPS) is 26.4. The smallest absolute Gasteiger partial charge is 0.0702 e. The van der Waals surface area contributed by atoms with Crippen LogP contribution in [0.4, 0.5) is 5.69 Å². The van der Waals surface area contributed by atoms with Crippen LogP contribution in [0.2, 0.25) is 0 Å². The predicted molar refractivity (Wildman–Crippen MR) is 75.0 cm³/mol. The molecule has 1 unspecified atom stereocenters. The summed E-state index contributed by atoms with van der Waals surface area (Å²) in [6, 6.07) is 9.30. The Labute approximate surface area is 110 Å². The van der Waals surface area contributed by atoms with E-state index in [0.717, 1.165) is 13.0 Å². The monoisotopic (exact) mass is 245 g/mol. The molecule has 0 amide bonds. The Hall–Kier alpha value is -1.02. The van der Waals surface area contributed by atoms with Crippen LogP contribution in [0.25, 0.3) is 0 Å². The lowest BCUT2D eigenvalue weighted by molar-refractivity contribution is -0.0767. The van der Waals surface area contributed by atoms with E-state index < -0.39 is 0 Å². The van der Waals surface area contributed by atoms with Crippen molar-refractivity contribution in [2.45, 2.75) is 57.1 Å². The summed E-state index contributed by atoms with van der Waals surface area (Å²) < 4.78 is 6.07. The number of hydrogen-bond acceptors (Lipinski definition) is 2. The van der Waals surface area contributed by atoms with Crippen LogP contribution in [-0.4, -0.2) is 18.2 Å². The van der Waals surface area contributed by atoms with Crippen LogP contribution in [0.15, 0.2) is 24.3 Å². The van der Waals surface area contributed by atoms with Gasteiger partial charge in [0.05, 0.1) is 5.60 Å². The van der Waals surface area contributed by atoms with Gasteiger partial charge in [-0.3, -0.25) is 0 Å². The Kier molecular flexibility index (Phi) is 3.29. The van der Waals surface area contributed by atoms with Crippen molar-refractivity contribution >= 4 is 5.69 Å². The van der Waals surface area contributed by atoms with E-state index in [4.69, 9.17) is 4.74 Å². The summed E-state index contributed by atoms with van der Waals surface area (Å²) >= 11 is 0. The summed E-state index contributed by atoms with van der Waals surface area (Å²) in [6.45, 7) is 3.05. The lowest BCUT2D eigenvalue weighted by Crippen LogP contribution is -2.42. The number of benzene rings is 1. The molecule has 1 spiro atoms. The van der Waals surface area contributed by atoms with Gasteiger partial charge in [0.2, 0.25) is 0 Å². The van der Waals surface area contributed by atoms with Gasteiger partial charge < -0.3 is 10.1 Å². The molecule has 1 aliphatic heterocycles. The van der Waals surface area contributed by atoms with Crippen molar-refractivity contribution in [3.63, 3.8) is 0 Å². The van der Waals surface area contributed by atoms with E-state index in [0.29, 0.717) is 6.04 Å². The molecule has 1 saturated heterocycles. The standard InChI is InChI=1S/C16H23NO/c1-13-4-6-14(7-5-13)17-15-8-11-18-16(12-15)9-2-3-10-16/h4-7,15,17H,2-3,8-12H2,1H3. The van der Waals surface area contributed by atoms with Crippen LogP contribution in [0.3, 0.4) is 0 Å². The van der Waals surface area contributed by atoms with E-state index in [2.05, 4.69) is 36.5 Å². The van der Waals surface area contributed by atoms with Crippen LogP contribution >= 0.6 is 0 Å². The third-order valence-corrected chi connectivity index (χ3v) is 4.43. The minimum absolute atomic E-state index is 0.209. The Bertz CT molecular complexity index is 392. The summed E-state index contributed by atoms with van der Waals surface area (Å²) in [7, 11) is 0. The number of ether oxygens (including phenoxy) is 1. The van der Waals surface area contributed by atoms with Gasteiger partial charge in [0.25, 0.3) is 0 Å². The number of hydrogen-bond donors (Lipinski definition) is 1. The largest absolute Gasteiger partial charge is 0.382 e. The molecular weight excluding hydrogens is 222 g/mol. The van der Waals surface area contributed by atoms with Crippen LogP contribution in [0, 0.1) is 6.92 Å². The van der Waals surface area contributed by atoms with Crippen molar-refractivity contribution in [3.8, 4) is 0 Å². The van der Waals surface area contributed by atoms with Crippen molar-refractivity contribution in [1.29, 1.82) is 0 Å². The zero-order valence-electron chi connectivity index (χ0n) is 11.2. The van der Waals surface area contributed by atoms with Gasteiger partial charge in [0.15, 0.2) is 0 Å². The highest BCUT2D eigenvalue weighted by Crippen LogP contribution is 2.40. The minimum atomic E-state index is 0.209. The summed E-state index contributed by atoms with van der Waals surface area (Å²) in [4.78, 5) is 0. The lowest BCUT2D eigenvalue weighted by Gasteiger charge is -2.39. The highest BCUT2D eigenvalue weighted by atomic mass is 16.5. The van der Waals surface area contributed by atoms with Crippen molar-refractivity contribution in [2.75, 3.05) is 11.9 Å². The summed E-state index contributed by atoms with van der Waals surface area (Å²) in [5, 5.41) is 3.68. The molecule has 18 heavy (non-hydrogen) atoms. The molecule has 2 aliphatic rings. The molecule has 1 N–H and O–H groups in total. The summed E-state index contributed by atoms with van der Waals surface area (Å²) in [5.41, 5.74) is 2.78. The topological polar surface area (TPSA) is 21.3 Å². The Morgan fingerprint density at radius 2 is 1.89 bits per heavy atom. The van der Waals surface area contributed by atoms with Gasteiger partial charge in [0, 0.05) is 18.3 Å². The molecule has 98 valence electrons. The molecule has 1 saturated carbocycles. The number of aryl methyl sites for hydroxylation is 1. The Morgan fingerprint density at radius 3 is 2.61 bits per heavy atom. The average molecular weight is 245 g/mol. The van der Waals surface area contributed by atoms with Crippen LogP contribution in [0.1, 0.15) is 44.1 Å². The van der Waals surface area contributed by atoms with Gasteiger partial charge >= 0.3 is 0 Å². The van der Waals surface area contributed by atoms with Crippen molar-refractivity contribution < 1.29 is 4.74 Å². The third-order valence-electron chi connectivity index (χ3n) is 4.43. The van der Waals surface area contributed by atoms with E-state index in [9.17, 15) is 0 Å². The number of rotatable bonds is 2. The Morgan fingerprint density at radius 1 is 1.17 bits per heavy atom. The van der Waals surface area contributed by atoms with Crippen LogP contribution < -0.4 is 5.32 Å². The minimum Gasteiger partial charge on any atom is -0.382 e. The summed E-state index contributed by atoms with van der Waals surface area (Å²) in [5.74, 6) is 0.